The molecule has 1 aliphatic heterocycles. The van der Waals surface area contributed by atoms with E-state index in [1.54, 1.807) is 12.1 Å². The third kappa shape index (κ3) is 7.49. The number of anilines is 1. The molecule has 0 aliphatic carbocycles. The molecule has 9 heteroatoms. The number of sulfonamides is 1. The van der Waals surface area contributed by atoms with E-state index in [1.807, 2.05) is 0 Å². The average molecular weight is 436 g/mol. The van der Waals surface area contributed by atoms with E-state index in [4.69, 9.17) is 23.2 Å². The second kappa shape index (κ2) is 10.5. The number of halogens is 2. The van der Waals surface area contributed by atoms with Gasteiger partial charge in [0.2, 0.25) is 15.9 Å². The molecule has 0 spiro atoms. The van der Waals surface area contributed by atoms with E-state index in [1.165, 1.54) is 23.2 Å². The van der Waals surface area contributed by atoms with Crippen LogP contribution in [0.2, 0.25) is 10.0 Å². The molecule has 1 heterocycles. The third-order valence-electron chi connectivity index (χ3n) is 4.51. The van der Waals surface area contributed by atoms with Crippen molar-refractivity contribution < 1.29 is 13.2 Å². The number of nitrogens with one attached hydrogen (secondary N) is 1. The highest BCUT2D eigenvalue weighted by Gasteiger charge is 2.20. The molecule has 6 nitrogen and oxygen atoms in total. The SMILES string of the molecule is CS(=O)(=O)N(CCCC(=O)NCCCN1CCCC1)c1cc(Cl)ccc1Cl. The van der Waals surface area contributed by atoms with Crippen molar-refractivity contribution in [1.29, 1.82) is 0 Å². The molecule has 0 bridgehead atoms. The lowest BCUT2D eigenvalue weighted by Gasteiger charge is -2.23. The van der Waals surface area contributed by atoms with Crippen LogP contribution in [0.3, 0.4) is 0 Å². The van der Waals surface area contributed by atoms with Crippen LogP contribution in [0.5, 0.6) is 0 Å². The van der Waals surface area contributed by atoms with E-state index in [0.29, 0.717) is 28.7 Å². The van der Waals surface area contributed by atoms with Crippen molar-refractivity contribution in [3.8, 4) is 0 Å². The average Bonchev–Trinajstić information content (AvgIpc) is 3.10. The summed E-state index contributed by atoms with van der Waals surface area (Å²) in [5.41, 5.74) is 0.331. The van der Waals surface area contributed by atoms with Crippen LogP contribution in [-0.2, 0) is 14.8 Å². The van der Waals surface area contributed by atoms with Gasteiger partial charge in [0, 0.05) is 24.5 Å². The maximum atomic E-state index is 12.1. The number of amides is 1. The van der Waals surface area contributed by atoms with Crippen molar-refractivity contribution in [1.82, 2.24) is 10.2 Å². The number of hydrogen-bond acceptors (Lipinski definition) is 4. The zero-order valence-electron chi connectivity index (χ0n) is 15.6. The van der Waals surface area contributed by atoms with Gasteiger partial charge in [-0.25, -0.2) is 8.42 Å². The Bertz CT molecular complexity index is 737. The summed E-state index contributed by atoms with van der Waals surface area (Å²) in [5, 5.41) is 3.60. The second-order valence-corrected chi connectivity index (χ2v) is 9.54. The summed E-state index contributed by atoms with van der Waals surface area (Å²) in [6.07, 6.45) is 5.23. The highest BCUT2D eigenvalue weighted by molar-refractivity contribution is 7.92. The molecule has 0 saturated carbocycles. The van der Waals surface area contributed by atoms with Crippen molar-refractivity contribution >= 4 is 44.8 Å². The third-order valence-corrected chi connectivity index (χ3v) is 6.25. The topological polar surface area (TPSA) is 69.7 Å². The molecular weight excluding hydrogens is 409 g/mol. The molecule has 27 heavy (non-hydrogen) atoms. The summed E-state index contributed by atoms with van der Waals surface area (Å²) in [7, 11) is -3.53. The minimum absolute atomic E-state index is 0.0675. The highest BCUT2D eigenvalue weighted by atomic mass is 35.5. The lowest BCUT2D eigenvalue weighted by atomic mass is 10.2. The fourth-order valence-corrected chi connectivity index (χ4v) is 4.56. The molecule has 0 aromatic heterocycles. The van der Waals surface area contributed by atoms with Gasteiger partial charge in [-0.15, -0.1) is 0 Å². The van der Waals surface area contributed by atoms with Gasteiger partial charge in [-0.2, -0.15) is 0 Å². The zero-order valence-corrected chi connectivity index (χ0v) is 17.9. The molecule has 1 amide bonds. The summed E-state index contributed by atoms with van der Waals surface area (Å²) in [5.74, 6) is -0.0675. The van der Waals surface area contributed by atoms with Gasteiger partial charge in [-0.1, -0.05) is 23.2 Å². The lowest BCUT2D eigenvalue weighted by molar-refractivity contribution is -0.121. The van der Waals surface area contributed by atoms with Crippen molar-refractivity contribution in [3.05, 3.63) is 28.2 Å². The second-order valence-electron chi connectivity index (χ2n) is 6.79. The molecule has 2 rings (SSSR count). The number of likely N-dealkylation sites (tertiary alicyclic amines) is 1. The maximum absolute atomic E-state index is 12.1. The van der Waals surface area contributed by atoms with E-state index in [2.05, 4.69) is 10.2 Å². The molecule has 1 N–H and O–H groups in total. The molecule has 1 saturated heterocycles. The minimum Gasteiger partial charge on any atom is -0.356 e. The van der Waals surface area contributed by atoms with Gasteiger partial charge in [-0.05, 0) is 63.5 Å². The van der Waals surface area contributed by atoms with E-state index in [0.717, 1.165) is 32.3 Å². The number of nitrogens with zero attached hydrogens (tertiary/aromatic N) is 2. The van der Waals surface area contributed by atoms with Crippen molar-refractivity contribution in [2.45, 2.75) is 32.1 Å². The largest absolute Gasteiger partial charge is 0.356 e. The van der Waals surface area contributed by atoms with Gasteiger partial charge in [0.25, 0.3) is 0 Å². The summed E-state index contributed by atoms with van der Waals surface area (Å²) in [6.45, 7) is 4.13. The molecule has 1 fully saturated rings. The smallest absolute Gasteiger partial charge is 0.232 e. The Kier molecular flexibility index (Phi) is 8.66. The first-order valence-electron chi connectivity index (χ1n) is 9.19. The first-order chi connectivity index (χ1) is 12.8. The number of benzene rings is 1. The number of hydrogen-bond donors (Lipinski definition) is 1. The molecule has 152 valence electrons. The van der Waals surface area contributed by atoms with Crippen molar-refractivity contribution in [2.75, 3.05) is 43.3 Å². The van der Waals surface area contributed by atoms with Crippen LogP contribution >= 0.6 is 23.2 Å². The van der Waals surface area contributed by atoms with Crippen LogP contribution < -0.4 is 9.62 Å². The molecule has 0 atom stereocenters. The monoisotopic (exact) mass is 435 g/mol. The van der Waals surface area contributed by atoms with Gasteiger partial charge in [0.05, 0.1) is 17.0 Å². The zero-order chi connectivity index (χ0) is 19.9. The molecule has 1 aromatic rings. The van der Waals surface area contributed by atoms with E-state index >= 15 is 0 Å². The predicted molar refractivity (Wildman–Crippen MR) is 111 cm³/mol. The lowest BCUT2D eigenvalue weighted by Crippen LogP contribution is -2.33. The standard InChI is InChI=1S/C18H27Cl2N3O3S/c1-27(25,26)23(17-14-15(19)7-8-16(17)20)13-4-6-18(24)21-9-5-12-22-10-2-3-11-22/h7-8,14H,2-6,9-13H2,1H3,(H,21,24). The van der Waals surface area contributed by atoms with Gasteiger partial charge < -0.3 is 10.2 Å². The van der Waals surface area contributed by atoms with E-state index in [9.17, 15) is 13.2 Å². The summed E-state index contributed by atoms with van der Waals surface area (Å²) < 4.78 is 25.5. The molecular formula is C18H27Cl2N3O3S. The summed E-state index contributed by atoms with van der Waals surface area (Å²) in [6, 6.07) is 4.68. The first-order valence-corrected chi connectivity index (χ1v) is 11.8. The molecule has 0 unspecified atom stereocenters. The fourth-order valence-electron chi connectivity index (χ4n) is 3.15. The van der Waals surface area contributed by atoms with Crippen LogP contribution in [0, 0.1) is 0 Å². The highest BCUT2D eigenvalue weighted by Crippen LogP contribution is 2.30. The van der Waals surface area contributed by atoms with Crippen LogP contribution in [0.15, 0.2) is 18.2 Å². The Morgan fingerprint density at radius 2 is 1.93 bits per heavy atom. The predicted octanol–water partition coefficient (Wildman–Crippen LogP) is 3.14. The molecule has 1 aliphatic rings. The van der Waals surface area contributed by atoms with E-state index in [-0.39, 0.29) is 18.9 Å². The Balaban J connectivity index is 1.78. The van der Waals surface area contributed by atoms with Crippen LogP contribution in [-0.4, -0.2) is 58.2 Å². The van der Waals surface area contributed by atoms with Crippen LogP contribution in [0.4, 0.5) is 5.69 Å². The van der Waals surface area contributed by atoms with Gasteiger partial charge in [0.1, 0.15) is 0 Å². The van der Waals surface area contributed by atoms with Gasteiger partial charge in [-0.3, -0.25) is 9.10 Å². The first kappa shape index (κ1) is 22.3. The molecule has 0 radical (unpaired) electrons. The maximum Gasteiger partial charge on any atom is 0.232 e. The molecule has 1 aromatic carbocycles. The Morgan fingerprint density at radius 1 is 1.22 bits per heavy atom. The fraction of sp³-hybridized carbons (Fsp3) is 0.611. The summed E-state index contributed by atoms with van der Waals surface area (Å²) in [4.78, 5) is 14.4. The number of carbonyl (C=O) groups excluding carboxylic acids is 1. The quantitative estimate of drug-likeness (QED) is 0.573. The number of rotatable bonds is 10. The number of carbonyl (C=O) groups is 1. The normalized spacial score (nSPS) is 15.1. The Hall–Kier alpha value is -1.02. The van der Waals surface area contributed by atoms with Crippen LogP contribution in [0.1, 0.15) is 32.1 Å². The summed E-state index contributed by atoms with van der Waals surface area (Å²) >= 11 is 12.1. The minimum atomic E-state index is -3.53. The Morgan fingerprint density at radius 3 is 2.59 bits per heavy atom. The van der Waals surface area contributed by atoms with Crippen molar-refractivity contribution in [3.63, 3.8) is 0 Å². The van der Waals surface area contributed by atoms with Crippen LogP contribution in [0.25, 0.3) is 0 Å². The van der Waals surface area contributed by atoms with E-state index < -0.39 is 10.0 Å². The van der Waals surface area contributed by atoms with Crippen molar-refractivity contribution in [2.24, 2.45) is 0 Å². The van der Waals surface area contributed by atoms with Gasteiger partial charge in [0.15, 0.2) is 0 Å². The van der Waals surface area contributed by atoms with Gasteiger partial charge >= 0.3 is 0 Å². The Labute approximate surface area is 171 Å².